The first kappa shape index (κ1) is 21.0. The first-order valence-corrected chi connectivity index (χ1v) is 10.3. The SMILES string of the molecule is CN=C(NCC(CO)c1ccccc1)NCC(C1CCOC1)N1CCOCC1. The zero-order valence-corrected chi connectivity index (χ0v) is 16.8. The van der Waals surface area contributed by atoms with Gasteiger partial charge < -0.3 is 25.2 Å². The van der Waals surface area contributed by atoms with E-state index in [0.29, 0.717) is 18.5 Å². The molecule has 2 aliphatic rings. The van der Waals surface area contributed by atoms with Crippen LogP contribution in [0.2, 0.25) is 0 Å². The summed E-state index contributed by atoms with van der Waals surface area (Å²) in [5.41, 5.74) is 1.13. The molecule has 7 heteroatoms. The summed E-state index contributed by atoms with van der Waals surface area (Å²) in [5.74, 6) is 1.35. The number of hydrogen-bond donors (Lipinski definition) is 3. The van der Waals surface area contributed by atoms with E-state index < -0.39 is 0 Å². The Morgan fingerprint density at radius 2 is 1.89 bits per heavy atom. The van der Waals surface area contributed by atoms with Gasteiger partial charge in [-0.2, -0.15) is 0 Å². The Morgan fingerprint density at radius 1 is 1.14 bits per heavy atom. The minimum absolute atomic E-state index is 0.0398. The van der Waals surface area contributed by atoms with E-state index in [-0.39, 0.29) is 12.5 Å². The molecule has 0 spiro atoms. The quantitative estimate of drug-likeness (QED) is 0.447. The van der Waals surface area contributed by atoms with E-state index in [1.165, 1.54) is 0 Å². The minimum atomic E-state index is 0.0398. The predicted octanol–water partition coefficient (Wildman–Crippen LogP) is 0.665. The van der Waals surface area contributed by atoms with E-state index in [2.05, 4.69) is 20.5 Å². The number of ether oxygens (including phenoxy) is 2. The highest BCUT2D eigenvalue weighted by Crippen LogP contribution is 2.22. The molecular weight excluding hydrogens is 356 g/mol. The molecule has 2 heterocycles. The van der Waals surface area contributed by atoms with Crippen molar-refractivity contribution in [2.24, 2.45) is 10.9 Å². The number of benzene rings is 1. The topological polar surface area (TPSA) is 78.4 Å². The van der Waals surface area contributed by atoms with Gasteiger partial charge in [-0.3, -0.25) is 9.89 Å². The molecule has 7 nitrogen and oxygen atoms in total. The van der Waals surface area contributed by atoms with Crippen molar-refractivity contribution in [3.8, 4) is 0 Å². The highest BCUT2D eigenvalue weighted by molar-refractivity contribution is 5.79. The summed E-state index contributed by atoms with van der Waals surface area (Å²) in [4.78, 5) is 6.89. The minimum Gasteiger partial charge on any atom is -0.396 e. The van der Waals surface area contributed by atoms with Crippen molar-refractivity contribution in [3.63, 3.8) is 0 Å². The zero-order chi connectivity index (χ0) is 19.6. The number of aliphatic hydroxyl groups excluding tert-OH is 1. The number of hydrogen-bond acceptors (Lipinski definition) is 5. The Bertz CT molecular complexity index is 587. The van der Waals surface area contributed by atoms with Gasteiger partial charge in [-0.15, -0.1) is 0 Å². The van der Waals surface area contributed by atoms with Gasteiger partial charge in [-0.05, 0) is 12.0 Å². The second kappa shape index (κ2) is 11.4. The third-order valence-corrected chi connectivity index (χ3v) is 5.73. The second-order valence-electron chi connectivity index (χ2n) is 7.46. The molecule has 3 rings (SSSR count). The molecule has 0 amide bonds. The van der Waals surface area contributed by atoms with Crippen LogP contribution in [0.25, 0.3) is 0 Å². The van der Waals surface area contributed by atoms with Crippen LogP contribution in [0.15, 0.2) is 35.3 Å². The summed E-state index contributed by atoms with van der Waals surface area (Å²) < 4.78 is 11.2. The molecular formula is C21H34N4O3. The molecule has 0 radical (unpaired) electrons. The molecule has 2 aliphatic heterocycles. The molecule has 156 valence electrons. The molecule has 0 aliphatic carbocycles. The first-order valence-electron chi connectivity index (χ1n) is 10.3. The van der Waals surface area contributed by atoms with Crippen LogP contribution in [-0.2, 0) is 9.47 Å². The van der Waals surface area contributed by atoms with Gasteiger partial charge in [0.25, 0.3) is 0 Å². The van der Waals surface area contributed by atoms with E-state index in [9.17, 15) is 5.11 Å². The van der Waals surface area contributed by atoms with E-state index in [1.54, 1.807) is 7.05 Å². The maximum absolute atomic E-state index is 9.76. The van der Waals surface area contributed by atoms with Crippen LogP contribution in [0.5, 0.6) is 0 Å². The van der Waals surface area contributed by atoms with E-state index >= 15 is 0 Å². The first-order chi connectivity index (χ1) is 13.8. The van der Waals surface area contributed by atoms with Gasteiger partial charge >= 0.3 is 0 Å². The summed E-state index contributed by atoms with van der Waals surface area (Å²) >= 11 is 0. The van der Waals surface area contributed by atoms with Gasteiger partial charge in [-0.1, -0.05) is 30.3 Å². The number of aliphatic imine (C=N–C) groups is 1. The van der Waals surface area contributed by atoms with Gasteiger partial charge in [0, 0.05) is 57.7 Å². The fourth-order valence-electron chi connectivity index (χ4n) is 4.01. The average molecular weight is 391 g/mol. The zero-order valence-electron chi connectivity index (χ0n) is 16.8. The van der Waals surface area contributed by atoms with Crippen molar-refractivity contribution in [1.82, 2.24) is 15.5 Å². The van der Waals surface area contributed by atoms with Gasteiger partial charge in [0.1, 0.15) is 0 Å². The van der Waals surface area contributed by atoms with Crippen LogP contribution in [-0.4, -0.2) is 88.3 Å². The molecule has 0 aromatic heterocycles. The number of nitrogens with one attached hydrogen (secondary N) is 2. The fraction of sp³-hybridized carbons (Fsp3) is 0.667. The monoisotopic (exact) mass is 390 g/mol. The van der Waals surface area contributed by atoms with E-state index in [0.717, 1.165) is 64.0 Å². The number of aliphatic hydroxyl groups is 1. The standard InChI is InChI=1S/C21H34N4O3/c1-22-21(23-13-19(15-26)17-5-3-2-4-6-17)24-14-20(18-7-10-28-16-18)25-8-11-27-12-9-25/h2-6,18-20,26H,7-16H2,1H3,(H2,22,23,24). The average Bonchev–Trinajstić information content (AvgIpc) is 3.29. The van der Waals surface area contributed by atoms with Crippen LogP contribution < -0.4 is 10.6 Å². The lowest BCUT2D eigenvalue weighted by Crippen LogP contribution is -2.53. The fourth-order valence-corrected chi connectivity index (χ4v) is 4.01. The van der Waals surface area contributed by atoms with Crippen LogP contribution >= 0.6 is 0 Å². The Morgan fingerprint density at radius 3 is 2.54 bits per heavy atom. The number of morpholine rings is 1. The lowest BCUT2D eigenvalue weighted by atomic mass is 9.97. The third-order valence-electron chi connectivity index (χ3n) is 5.73. The summed E-state index contributed by atoms with van der Waals surface area (Å²) in [5, 5.41) is 16.6. The predicted molar refractivity (Wildman–Crippen MR) is 111 cm³/mol. The molecule has 3 N–H and O–H groups in total. The van der Waals surface area contributed by atoms with E-state index in [1.807, 2.05) is 30.3 Å². The van der Waals surface area contributed by atoms with Gasteiger partial charge in [-0.25, -0.2) is 0 Å². The van der Waals surface area contributed by atoms with Gasteiger partial charge in [0.2, 0.25) is 0 Å². The maximum Gasteiger partial charge on any atom is 0.191 e. The highest BCUT2D eigenvalue weighted by Gasteiger charge is 2.31. The van der Waals surface area contributed by atoms with Crippen molar-refractivity contribution < 1.29 is 14.6 Å². The molecule has 2 fully saturated rings. The molecule has 28 heavy (non-hydrogen) atoms. The van der Waals surface area contributed by atoms with Crippen LogP contribution in [0.1, 0.15) is 17.9 Å². The molecule has 0 bridgehead atoms. The summed E-state index contributed by atoms with van der Waals surface area (Å²) in [7, 11) is 1.79. The molecule has 2 saturated heterocycles. The highest BCUT2D eigenvalue weighted by atomic mass is 16.5. The summed E-state index contributed by atoms with van der Waals surface area (Å²) in [6, 6.07) is 10.5. The molecule has 3 unspecified atom stereocenters. The molecule has 0 saturated carbocycles. The van der Waals surface area contributed by atoms with E-state index in [4.69, 9.17) is 9.47 Å². The van der Waals surface area contributed by atoms with Gasteiger partial charge in [0.15, 0.2) is 5.96 Å². The second-order valence-corrected chi connectivity index (χ2v) is 7.46. The Kier molecular flexibility index (Phi) is 8.54. The number of guanidine groups is 1. The maximum atomic E-state index is 9.76. The van der Waals surface area contributed by atoms with Crippen molar-refractivity contribution >= 4 is 5.96 Å². The molecule has 3 atom stereocenters. The Balaban J connectivity index is 1.53. The largest absolute Gasteiger partial charge is 0.396 e. The van der Waals surface area contributed by atoms with Crippen molar-refractivity contribution in [2.45, 2.75) is 18.4 Å². The third kappa shape index (κ3) is 5.91. The summed E-state index contributed by atoms with van der Waals surface area (Å²) in [6.45, 7) is 6.77. The van der Waals surface area contributed by atoms with Crippen molar-refractivity contribution in [1.29, 1.82) is 0 Å². The van der Waals surface area contributed by atoms with Gasteiger partial charge in [0.05, 0.1) is 26.4 Å². The van der Waals surface area contributed by atoms with Crippen molar-refractivity contribution in [2.75, 3.05) is 66.3 Å². The van der Waals surface area contributed by atoms with Crippen molar-refractivity contribution in [3.05, 3.63) is 35.9 Å². The van der Waals surface area contributed by atoms with Crippen LogP contribution in [0.4, 0.5) is 0 Å². The molecule has 1 aromatic rings. The normalized spacial score (nSPS) is 23.4. The molecule has 1 aromatic carbocycles. The van der Waals surface area contributed by atoms with Crippen LogP contribution in [0, 0.1) is 5.92 Å². The van der Waals surface area contributed by atoms with Crippen LogP contribution in [0.3, 0.4) is 0 Å². The number of rotatable bonds is 8. The Hall–Kier alpha value is -1.67. The summed E-state index contributed by atoms with van der Waals surface area (Å²) in [6.07, 6.45) is 1.11. The number of nitrogens with zero attached hydrogens (tertiary/aromatic N) is 2. The smallest absolute Gasteiger partial charge is 0.191 e. The lowest BCUT2D eigenvalue weighted by molar-refractivity contribution is 0.00246. The Labute approximate surface area is 168 Å². The lowest BCUT2D eigenvalue weighted by Gasteiger charge is -2.37.